The van der Waals surface area contributed by atoms with Gasteiger partial charge >= 0.3 is 12.2 Å². The fraction of sp³-hybridized carbons (Fsp3) is 0.295. The van der Waals surface area contributed by atoms with Crippen molar-refractivity contribution in [3.8, 4) is 46.0 Å². The largest absolute Gasteiger partial charge is 0.497 e. The number of benzene rings is 5. The summed E-state index contributed by atoms with van der Waals surface area (Å²) in [7, 11) is 6.33. The van der Waals surface area contributed by atoms with Gasteiger partial charge in [-0.1, -0.05) is 66.2 Å². The Morgan fingerprint density at radius 1 is 0.765 bits per heavy atom. The highest BCUT2D eigenvalue weighted by Gasteiger charge is 2.41. The average molecular weight is 1130 g/mol. The Balaban J connectivity index is 1.12. The van der Waals surface area contributed by atoms with Crippen molar-refractivity contribution in [3.63, 3.8) is 0 Å². The van der Waals surface area contributed by atoms with Crippen LogP contribution in [0.1, 0.15) is 64.8 Å². The van der Waals surface area contributed by atoms with Crippen LogP contribution < -0.4 is 48.4 Å². The van der Waals surface area contributed by atoms with E-state index in [-0.39, 0.29) is 79.5 Å². The van der Waals surface area contributed by atoms with Gasteiger partial charge in [-0.25, -0.2) is 14.4 Å². The minimum absolute atomic E-state index is 0.00737. The van der Waals surface area contributed by atoms with Crippen molar-refractivity contribution >= 4 is 45.9 Å². The van der Waals surface area contributed by atoms with Gasteiger partial charge in [0.15, 0.2) is 11.6 Å². The summed E-state index contributed by atoms with van der Waals surface area (Å²) in [5, 5.41) is 2.42. The molecule has 0 bridgehead atoms. The molecule has 1 N–H and O–H groups in total. The predicted octanol–water partition coefficient (Wildman–Crippen LogP) is 12.3. The summed E-state index contributed by atoms with van der Waals surface area (Å²) in [4.78, 5) is 37.4. The van der Waals surface area contributed by atoms with Gasteiger partial charge in [0.25, 0.3) is 0 Å². The number of hydrogen-bond donors (Lipinski definition) is 1. The Bertz CT molecular complexity index is 3440. The van der Waals surface area contributed by atoms with Gasteiger partial charge in [0.05, 0.1) is 74.3 Å². The van der Waals surface area contributed by atoms with Crippen LogP contribution >= 0.6 is 11.6 Å². The van der Waals surface area contributed by atoms with Crippen molar-refractivity contribution in [2.24, 2.45) is 0 Å². The fourth-order valence-corrected chi connectivity index (χ4v) is 10.6. The van der Waals surface area contributed by atoms with Crippen molar-refractivity contribution in [2.45, 2.75) is 71.1 Å². The Hall–Kier alpha value is -8.58. The molecule has 5 heterocycles. The highest BCUT2D eigenvalue weighted by Crippen LogP contribution is 2.51. The smallest absolute Gasteiger partial charge is 0.418 e. The monoisotopic (exact) mass is 1130 g/mol. The number of aryl methyl sites for hydroxylation is 1. The van der Waals surface area contributed by atoms with Gasteiger partial charge in [0, 0.05) is 44.4 Å². The third kappa shape index (κ3) is 12.1. The molecule has 2 atom stereocenters. The van der Waals surface area contributed by atoms with Gasteiger partial charge in [0.1, 0.15) is 59.2 Å². The van der Waals surface area contributed by atoms with Crippen LogP contribution in [-0.2, 0) is 37.1 Å². The van der Waals surface area contributed by atoms with Crippen LogP contribution in [-0.4, -0.2) is 80.1 Å². The number of anilines is 3. The van der Waals surface area contributed by atoms with E-state index >= 15 is 17.6 Å². The first-order valence-corrected chi connectivity index (χ1v) is 26.6. The molecule has 420 valence electrons. The van der Waals surface area contributed by atoms with Gasteiger partial charge in [-0.2, -0.15) is 23.1 Å². The third-order valence-corrected chi connectivity index (χ3v) is 14.9. The molecule has 2 aliphatic rings. The van der Waals surface area contributed by atoms with Crippen molar-refractivity contribution < 1.29 is 50.8 Å². The second-order valence-corrected chi connectivity index (χ2v) is 20.1. The minimum Gasteiger partial charge on any atom is -0.497 e. The molecule has 15 nitrogen and oxygen atoms in total. The molecule has 1 saturated heterocycles. The van der Waals surface area contributed by atoms with Crippen molar-refractivity contribution in [1.82, 2.24) is 25.3 Å². The van der Waals surface area contributed by atoms with Gasteiger partial charge in [0.2, 0.25) is 5.91 Å². The lowest BCUT2D eigenvalue weighted by molar-refractivity contribution is -0.137. The van der Waals surface area contributed by atoms with E-state index in [1.165, 1.54) is 13.0 Å². The number of hydrogen-bond acceptors (Lipinski definition) is 14. The first kappa shape index (κ1) is 55.7. The lowest BCUT2D eigenvalue weighted by atomic mass is 9.98. The number of halogens is 5. The van der Waals surface area contributed by atoms with E-state index in [4.69, 9.17) is 55.0 Å². The van der Waals surface area contributed by atoms with Crippen molar-refractivity contribution in [2.75, 3.05) is 62.9 Å². The molecule has 1 amide bonds. The van der Waals surface area contributed by atoms with E-state index in [2.05, 4.69) is 15.2 Å². The quantitative estimate of drug-likeness (QED) is 0.0722. The normalized spacial score (nSPS) is 14.4. The van der Waals surface area contributed by atoms with E-state index in [1.807, 2.05) is 96.8 Å². The van der Waals surface area contributed by atoms with Crippen LogP contribution in [0.2, 0.25) is 5.02 Å². The van der Waals surface area contributed by atoms with E-state index in [0.29, 0.717) is 48.3 Å². The first-order valence-electron chi connectivity index (χ1n) is 26.2. The third-order valence-electron chi connectivity index (χ3n) is 14.5. The van der Waals surface area contributed by atoms with Crippen LogP contribution in [0.3, 0.4) is 0 Å². The molecule has 8 aromatic rings. The maximum Gasteiger partial charge on any atom is 0.418 e. The molecule has 3 aromatic heterocycles. The van der Waals surface area contributed by atoms with Crippen LogP contribution in [0.25, 0.3) is 22.2 Å². The molecule has 0 saturated carbocycles. The maximum absolute atomic E-state index is 18.4. The van der Waals surface area contributed by atoms with Crippen LogP contribution in [0.5, 0.6) is 34.8 Å². The van der Waals surface area contributed by atoms with Crippen molar-refractivity contribution in [3.05, 3.63) is 171 Å². The van der Waals surface area contributed by atoms with Gasteiger partial charge < -0.3 is 48.4 Å². The molecule has 0 radical (unpaired) electrons. The maximum atomic E-state index is 18.4. The number of carbonyl (C=O) groups is 1. The van der Waals surface area contributed by atoms with Crippen molar-refractivity contribution in [1.29, 1.82) is 0 Å². The number of rotatable bonds is 20. The highest BCUT2D eigenvalue weighted by atomic mass is 35.5. The summed E-state index contributed by atoms with van der Waals surface area (Å²) in [5.74, 6) is 2.04. The van der Waals surface area contributed by atoms with Gasteiger partial charge in [-0.3, -0.25) is 4.79 Å². The minimum atomic E-state index is -5.04. The van der Waals surface area contributed by atoms with E-state index in [9.17, 15) is 4.79 Å². The predicted molar refractivity (Wildman–Crippen MR) is 301 cm³/mol. The molecular formula is C61H59ClF4N8O7. The summed E-state index contributed by atoms with van der Waals surface area (Å²) in [6.07, 6.45) is -2.57. The number of amides is 1. The Labute approximate surface area is 471 Å². The molecule has 0 aliphatic carbocycles. The van der Waals surface area contributed by atoms with E-state index < -0.39 is 51.4 Å². The molecule has 1 fully saturated rings. The number of aromatic nitrogens is 4. The molecule has 10 rings (SSSR count). The van der Waals surface area contributed by atoms with Crippen LogP contribution in [0.15, 0.2) is 121 Å². The number of ether oxygens (including phenoxy) is 6. The number of carbonyl (C=O) groups excluding carboxylic acids is 1. The number of methoxy groups -OCH3 is 4. The number of alkyl halides is 3. The summed E-state index contributed by atoms with van der Waals surface area (Å²) in [5.41, 5.74) is 1.02. The molecule has 20 heteroatoms. The number of nitrogens with one attached hydrogen (secondary N) is 1. The van der Waals surface area contributed by atoms with Crippen LogP contribution in [0.4, 0.5) is 35.0 Å². The molecular weight excluding hydrogens is 1070 g/mol. The summed E-state index contributed by atoms with van der Waals surface area (Å²) < 4.78 is 100.0. The molecule has 0 unspecified atom stereocenters. The zero-order valence-electron chi connectivity index (χ0n) is 45.4. The second-order valence-electron chi connectivity index (χ2n) is 19.8. The Morgan fingerprint density at radius 3 is 1.79 bits per heavy atom. The molecule has 0 spiro atoms. The summed E-state index contributed by atoms with van der Waals surface area (Å²) in [6, 6.07) is 33.9. The zero-order valence-corrected chi connectivity index (χ0v) is 46.2. The van der Waals surface area contributed by atoms with Gasteiger partial charge in [-0.15, -0.1) is 0 Å². The lowest BCUT2D eigenvalue weighted by Gasteiger charge is -2.33. The standard InChI is InChI=1S/C61H59ClF4N8O7/c1-36-30-48(72(31-38-9-18-43(76-3)19-10-38)32-39-11-20-44(77-4)21-12-39)69-55(52(36)61(64,65)66)50-53(62)57-51-56(54(50)63)70-60(81-35-42-17-26-49(75)68-42)71-59(51)74(28-29-80-57)37(2)47-8-7-27-67-58(47)73(33-40-13-22-45(78-5)23-14-40)34-41-15-24-46(79-6)25-16-41/h7-16,18-25,27,30,37,42H,17,26,28-29,31-35H2,1-6H3,(H,68,75)/t37-,42+/m1/s1. The Kier molecular flexibility index (Phi) is 16.5. The molecule has 81 heavy (non-hydrogen) atoms. The second kappa shape index (κ2) is 24.0. The summed E-state index contributed by atoms with van der Waals surface area (Å²) in [6.45, 7) is 4.48. The topological polar surface area (TPSA) is 146 Å². The number of nitrogens with zero attached hydrogens (tertiary/aromatic N) is 7. The van der Waals surface area contributed by atoms with E-state index in [0.717, 1.165) is 27.8 Å². The lowest BCUT2D eigenvalue weighted by Crippen LogP contribution is -2.33. The van der Waals surface area contributed by atoms with E-state index in [1.54, 1.807) is 63.8 Å². The zero-order chi connectivity index (χ0) is 57.0. The molecule has 5 aromatic carbocycles. The molecule has 2 aliphatic heterocycles. The fourth-order valence-electron chi connectivity index (χ4n) is 10.3. The highest BCUT2D eigenvalue weighted by molar-refractivity contribution is 6.36. The average Bonchev–Trinajstić information content (AvgIpc) is 4.08. The van der Waals surface area contributed by atoms with Gasteiger partial charge in [-0.05, 0) is 109 Å². The SMILES string of the molecule is COc1ccc(CN(Cc2ccc(OC)cc2)c2cc(C)c(C(F)(F)F)c(-c3c(Cl)c4c5c(nc(OC[C@@H]6CCC(=O)N6)nc5c3F)N([C@H](C)c3cccnc3N(Cc3ccc(OC)cc3)Cc3ccc(OC)cc3)CCO4)n2)cc1. The number of pyridine rings is 2. The Morgan fingerprint density at radius 2 is 1.30 bits per heavy atom. The van der Waals surface area contributed by atoms with Crippen LogP contribution in [0, 0.1) is 12.7 Å². The first-order chi connectivity index (χ1) is 39.1. The summed E-state index contributed by atoms with van der Waals surface area (Å²) >= 11 is 7.35.